The molecule has 0 heterocycles. The zero-order valence-corrected chi connectivity index (χ0v) is 25.3. The molecule has 1 N–H and O–H groups in total. The summed E-state index contributed by atoms with van der Waals surface area (Å²) in [5.41, 5.74) is 4.18. The molecule has 1 aromatic rings. The monoisotopic (exact) mass is 531 g/mol. The van der Waals surface area contributed by atoms with Crippen LogP contribution in [-0.4, -0.2) is 12.2 Å². The van der Waals surface area contributed by atoms with Crippen molar-refractivity contribution in [2.45, 2.75) is 111 Å². The highest BCUT2D eigenvalue weighted by Crippen LogP contribution is 2.67. The van der Waals surface area contributed by atoms with Crippen molar-refractivity contribution in [3.63, 3.8) is 0 Å². The van der Waals surface area contributed by atoms with Crippen molar-refractivity contribution in [1.82, 2.24) is 0 Å². The first kappa shape index (κ1) is 28.5. The van der Waals surface area contributed by atoms with Crippen LogP contribution in [-0.2, 0) is 4.74 Å². The average Bonchev–Trinajstić information content (AvgIpc) is 3.26. The third kappa shape index (κ3) is 5.62. The first-order valence-electron chi connectivity index (χ1n) is 16.0. The van der Waals surface area contributed by atoms with Crippen LogP contribution in [0.2, 0.25) is 0 Å². The molecule has 0 saturated heterocycles. The van der Waals surface area contributed by atoms with Crippen LogP contribution in [0.25, 0.3) is 6.08 Å². The molecule has 0 aromatic heterocycles. The summed E-state index contributed by atoms with van der Waals surface area (Å²) in [5.74, 6) is 5.11. The van der Waals surface area contributed by atoms with Gasteiger partial charge in [-0.1, -0.05) is 90.3 Å². The number of nitrogens with one attached hydrogen (secondary N) is 1. The Kier molecular flexibility index (Phi) is 8.37. The molecular formula is C36H53NO2. The first-order valence-corrected chi connectivity index (χ1v) is 16.0. The van der Waals surface area contributed by atoms with Gasteiger partial charge in [0.1, 0.15) is 6.10 Å². The fourth-order valence-electron chi connectivity index (χ4n) is 9.75. The second-order valence-electron chi connectivity index (χ2n) is 14.5. The number of carbonyl (C=O) groups excluding carboxylic acids is 1. The second kappa shape index (κ2) is 11.5. The Morgan fingerprint density at radius 2 is 1.82 bits per heavy atom. The first-order chi connectivity index (χ1) is 18.6. The SMILES string of the molecule is C=Cc1ccc(NC(=O)OC2CC[C@@]3(C)C(=CCC4C3CC[C@@]3(C)C4CC[C@@H]3[C@H](C)CCCC(C)C)C2)cc1. The Bertz CT molecular complexity index is 1060. The van der Waals surface area contributed by atoms with Crippen LogP contribution in [0.4, 0.5) is 10.5 Å². The summed E-state index contributed by atoms with van der Waals surface area (Å²) in [6.07, 6.45) is 18.2. The van der Waals surface area contributed by atoms with Gasteiger partial charge in [-0.15, -0.1) is 0 Å². The molecule has 3 fully saturated rings. The lowest BCUT2D eigenvalue weighted by Crippen LogP contribution is -2.51. The van der Waals surface area contributed by atoms with Crippen molar-refractivity contribution in [2.24, 2.45) is 46.3 Å². The number of rotatable bonds is 8. The Labute approximate surface area is 238 Å². The second-order valence-corrected chi connectivity index (χ2v) is 14.5. The third-order valence-corrected chi connectivity index (χ3v) is 11.9. The maximum absolute atomic E-state index is 12.7. The zero-order chi connectivity index (χ0) is 27.8. The maximum Gasteiger partial charge on any atom is 0.411 e. The van der Waals surface area contributed by atoms with Crippen LogP contribution >= 0.6 is 0 Å². The molecule has 0 radical (unpaired) electrons. The molecule has 4 unspecified atom stereocenters. The van der Waals surface area contributed by atoms with Crippen LogP contribution < -0.4 is 5.32 Å². The van der Waals surface area contributed by atoms with Gasteiger partial charge in [0, 0.05) is 12.1 Å². The molecule has 4 aliphatic rings. The molecule has 8 atom stereocenters. The number of hydrogen-bond acceptors (Lipinski definition) is 2. The molecule has 3 nitrogen and oxygen atoms in total. The standard InChI is InChI=1S/C36H53NO2/c1-7-26-11-14-28(15-12-26)37-34(38)39-29-19-21-35(5)27(23-29)13-16-30-32-18-17-31(25(4)10-8-9-24(2)3)36(32,6)22-20-33(30)35/h7,11-15,24-25,29-33H,1,8-10,16-23H2,2-6H3,(H,37,38)/t25-,29?,30?,31-,32?,33?,35+,36-/m1/s1. The van der Waals surface area contributed by atoms with Crippen molar-refractivity contribution in [3.8, 4) is 0 Å². The molecule has 1 amide bonds. The van der Waals surface area contributed by atoms with Crippen molar-refractivity contribution in [3.05, 3.63) is 48.1 Å². The largest absolute Gasteiger partial charge is 0.446 e. The Morgan fingerprint density at radius 3 is 2.54 bits per heavy atom. The van der Waals surface area contributed by atoms with Gasteiger partial charge in [0.25, 0.3) is 0 Å². The van der Waals surface area contributed by atoms with E-state index in [0.29, 0.717) is 5.41 Å². The van der Waals surface area contributed by atoms with Gasteiger partial charge < -0.3 is 4.74 Å². The van der Waals surface area contributed by atoms with Crippen molar-refractivity contribution < 1.29 is 9.53 Å². The van der Waals surface area contributed by atoms with E-state index in [2.05, 4.69) is 52.6 Å². The van der Waals surface area contributed by atoms with Gasteiger partial charge in [0.15, 0.2) is 0 Å². The number of ether oxygens (including phenoxy) is 1. The number of fused-ring (bicyclic) bond motifs is 5. The summed E-state index contributed by atoms with van der Waals surface area (Å²) in [5, 5.41) is 2.91. The van der Waals surface area contributed by atoms with Gasteiger partial charge in [-0.3, -0.25) is 5.32 Å². The molecule has 214 valence electrons. The summed E-state index contributed by atoms with van der Waals surface area (Å²) >= 11 is 0. The van der Waals surface area contributed by atoms with Crippen LogP contribution in [0.3, 0.4) is 0 Å². The highest BCUT2D eigenvalue weighted by atomic mass is 16.6. The number of allylic oxidation sites excluding steroid dienone is 1. The van der Waals surface area contributed by atoms with E-state index in [9.17, 15) is 4.79 Å². The van der Waals surface area contributed by atoms with E-state index in [1.807, 2.05) is 24.3 Å². The van der Waals surface area contributed by atoms with Crippen molar-refractivity contribution in [1.29, 1.82) is 0 Å². The normalized spacial score (nSPS) is 36.3. The van der Waals surface area contributed by atoms with E-state index in [1.54, 1.807) is 11.6 Å². The lowest BCUT2D eigenvalue weighted by atomic mass is 9.47. The van der Waals surface area contributed by atoms with E-state index in [4.69, 9.17) is 4.74 Å². The topological polar surface area (TPSA) is 38.3 Å². The summed E-state index contributed by atoms with van der Waals surface area (Å²) < 4.78 is 5.94. The summed E-state index contributed by atoms with van der Waals surface area (Å²) in [6, 6.07) is 7.70. The fraction of sp³-hybridized carbons (Fsp3) is 0.694. The van der Waals surface area contributed by atoms with Crippen LogP contribution in [0.1, 0.15) is 111 Å². The molecule has 3 saturated carbocycles. The molecule has 5 rings (SSSR count). The van der Waals surface area contributed by atoms with Crippen LogP contribution in [0, 0.1) is 46.3 Å². The smallest absolute Gasteiger partial charge is 0.411 e. The van der Waals surface area contributed by atoms with E-state index in [-0.39, 0.29) is 17.6 Å². The molecule has 1 aromatic carbocycles. The van der Waals surface area contributed by atoms with E-state index < -0.39 is 0 Å². The van der Waals surface area contributed by atoms with E-state index in [0.717, 1.165) is 66.0 Å². The quantitative estimate of drug-likeness (QED) is 0.339. The van der Waals surface area contributed by atoms with Gasteiger partial charge in [-0.05, 0) is 109 Å². The van der Waals surface area contributed by atoms with E-state index >= 15 is 0 Å². The molecule has 39 heavy (non-hydrogen) atoms. The minimum absolute atomic E-state index is 0.0234. The van der Waals surface area contributed by atoms with Gasteiger partial charge in [-0.2, -0.15) is 0 Å². The van der Waals surface area contributed by atoms with Crippen LogP contribution in [0.15, 0.2) is 42.5 Å². The third-order valence-electron chi connectivity index (χ3n) is 11.9. The average molecular weight is 532 g/mol. The lowest BCUT2D eigenvalue weighted by molar-refractivity contribution is -0.0577. The molecule has 0 aliphatic heterocycles. The summed E-state index contributed by atoms with van der Waals surface area (Å²) in [4.78, 5) is 12.7. The number of hydrogen-bond donors (Lipinski definition) is 1. The lowest BCUT2D eigenvalue weighted by Gasteiger charge is -2.58. The van der Waals surface area contributed by atoms with Crippen molar-refractivity contribution in [2.75, 3.05) is 5.32 Å². The van der Waals surface area contributed by atoms with Gasteiger partial charge in [0.05, 0.1) is 0 Å². The minimum atomic E-state index is -0.336. The van der Waals surface area contributed by atoms with Crippen LogP contribution in [0.5, 0.6) is 0 Å². The van der Waals surface area contributed by atoms with Gasteiger partial charge in [-0.25, -0.2) is 4.79 Å². The number of carbonyl (C=O) groups is 1. The molecule has 3 heteroatoms. The fourth-order valence-corrected chi connectivity index (χ4v) is 9.75. The van der Waals surface area contributed by atoms with Gasteiger partial charge in [0.2, 0.25) is 0 Å². The Balaban J connectivity index is 1.21. The van der Waals surface area contributed by atoms with E-state index in [1.165, 1.54) is 51.4 Å². The molecule has 4 aliphatic carbocycles. The summed E-state index contributed by atoms with van der Waals surface area (Å²) in [6.45, 7) is 16.3. The number of anilines is 1. The molecule has 0 spiro atoms. The van der Waals surface area contributed by atoms with Crippen molar-refractivity contribution >= 4 is 17.9 Å². The predicted molar refractivity (Wildman–Crippen MR) is 163 cm³/mol. The Hall–Kier alpha value is -2.03. The zero-order valence-electron chi connectivity index (χ0n) is 25.3. The minimum Gasteiger partial charge on any atom is -0.446 e. The highest BCUT2D eigenvalue weighted by molar-refractivity contribution is 5.84. The van der Waals surface area contributed by atoms with Gasteiger partial charge >= 0.3 is 6.09 Å². The highest BCUT2D eigenvalue weighted by Gasteiger charge is 2.59. The Morgan fingerprint density at radius 1 is 1.05 bits per heavy atom. The number of amides is 1. The maximum atomic E-state index is 12.7. The molecule has 0 bridgehead atoms. The predicted octanol–water partition coefficient (Wildman–Crippen LogP) is 10.3. The number of benzene rings is 1. The summed E-state index contributed by atoms with van der Waals surface area (Å²) in [7, 11) is 0. The molecular weight excluding hydrogens is 478 g/mol.